The van der Waals surface area contributed by atoms with Crippen molar-refractivity contribution in [1.82, 2.24) is 29.5 Å². The van der Waals surface area contributed by atoms with Crippen LogP contribution in [0, 0.1) is 13.8 Å². The molecule has 2 aliphatic rings. The van der Waals surface area contributed by atoms with Crippen molar-refractivity contribution in [3.05, 3.63) is 46.2 Å². The Morgan fingerprint density at radius 2 is 2.06 bits per heavy atom. The number of aryl methyl sites for hydroxylation is 2. The number of hydrogen-bond acceptors (Lipinski definition) is 6. The van der Waals surface area contributed by atoms with Crippen molar-refractivity contribution in [2.24, 2.45) is 0 Å². The fraction of sp³-hybridized carbons (Fsp3) is 0.348. The molecule has 1 saturated carbocycles. The van der Waals surface area contributed by atoms with Crippen molar-refractivity contribution in [1.29, 1.82) is 0 Å². The van der Waals surface area contributed by atoms with Crippen LogP contribution < -0.4 is 0 Å². The largest absolute Gasteiger partial charge is 0.465 e. The highest BCUT2D eigenvalue weighted by Gasteiger charge is 2.52. The van der Waals surface area contributed by atoms with Gasteiger partial charge in [0.25, 0.3) is 0 Å². The van der Waals surface area contributed by atoms with Crippen LogP contribution in [0.25, 0.3) is 33.5 Å². The van der Waals surface area contributed by atoms with Gasteiger partial charge in [-0.05, 0) is 63.3 Å². The minimum atomic E-state index is -0.794. The van der Waals surface area contributed by atoms with Crippen LogP contribution in [-0.2, 0) is 0 Å². The van der Waals surface area contributed by atoms with Gasteiger partial charge in [-0.1, -0.05) is 5.57 Å². The molecule has 5 heterocycles. The molecule has 2 fully saturated rings. The predicted molar refractivity (Wildman–Crippen MR) is 123 cm³/mol. The van der Waals surface area contributed by atoms with E-state index in [1.807, 2.05) is 26.1 Å². The molecule has 1 spiro atoms. The van der Waals surface area contributed by atoms with Crippen LogP contribution in [0.3, 0.4) is 0 Å². The van der Waals surface area contributed by atoms with E-state index in [2.05, 4.69) is 27.2 Å². The molecule has 9 heteroatoms. The molecule has 1 N–H and O–H groups in total. The SMILES string of the molecule is Cc1cn2nc(-c3cnc4cc(/C=C5/CCN(C(=O)O)C6(CC6)C5)sc4n3)cc(C)c2n1. The van der Waals surface area contributed by atoms with Gasteiger partial charge in [0.2, 0.25) is 0 Å². The summed E-state index contributed by atoms with van der Waals surface area (Å²) < 4.78 is 1.80. The van der Waals surface area contributed by atoms with E-state index < -0.39 is 6.09 Å². The van der Waals surface area contributed by atoms with Crippen LogP contribution in [-0.4, -0.2) is 52.7 Å². The molecular formula is C23H22N6O2S. The second-order valence-corrected chi connectivity index (χ2v) is 9.91. The van der Waals surface area contributed by atoms with E-state index in [1.165, 1.54) is 5.57 Å². The monoisotopic (exact) mass is 446 g/mol. The predicted octanol–water partition coefficient (Wildman–Crippen LogP) is 4.71. The van der Waals surface area contributed by atoms with Gasteiger partial charge in [-0.3, -0.25) is 4.98 Å². The second kappa shape index (κ2) is 6.83. The molecule has 4 aromatic rings. The van der Waals surface area contributed by atoms with Crippen molar-refractivity contribution in [2.45, 2.75) is 45.1 Å². The van der Waals surface area contributed by atoms with Crippen LogP contribution in [0.15, 0.2) is 30.1 Å². The molecule has 1 aliphatic carbocycles. The fourth-order valence-corrected chi connectivity index (χ4v) is 5.69. The quantitative estimate of drug-likeness (QED) is 0.479. The lowest BCUT2D eigenvalue weighted by Crippen LogP contribution is -2.45. The maximum Gasteiger partial charge on any atom is 0.407 e. The third-order valence-electron chi connectivity index (χ3n) is 6.44. The van der Waals surface area contributed by atoms with Crippen molar-refractivity contribution >= 4 is 39.5 Å². The minimum absolute atomic E-state index is 0.163. The van der Waals surface area contributed by atoms with Gasteiger partial charge in [0.1, 0.15) is 21.7 Å². The summed E-state index contributed by atoms with van der Waals surface area (Å²) in [5, 5.41) is 14.1. The Kier molecular flexibility index (Phi) is 4.13. The lowest BCUT2D eigenvalue weighted by molar-refractivity contribution is 0.109. The Morgan fingerprint density at radius 3 is 2.84 bits per heavy atom. The molecule has 0 radical (unpaired) electrons. The smallest absolute Gasteiger partial charge is 0.407 e. The molecule has 1 saturated heterocycles. The summed E-state index contributed by atoms with van der Waals surface area (Å²) >= 11 is 1.61. The Hall–Kier alpha value is -3.33. The van der Waals surface area contributed by atoms with E-state index >= 15 is 0 Å². The molecule has 32 heavy (non-hydrogen) atoms. The number of imidazole rings is 1. The molecule has 1 aliphatic heterocycles. The van der Waals surface area contributed by atoms with Crippen molar-refractivity contribution < 1.29 is 9.90 Å². The van der Waals surface area contributed by atoms with Gasteiger partial charge in [0.15, 0.2) is 5.65 Å². The number of likely N-dealkylation sites (tertiary alicyclic amines) is 1. The molecule has 4 aromatic heterocycles. The molecule has 1 amide bonds. The molecule has 162 valence electrons. The van der Waals surface area contributed by atoms with Gasteiger partial charge in [-0.15, -0.1) is 11.3 Å². The maximum atomic E-state index is 11.5. The molecule has 8 nitrogen and oxygen atoms in total. The van der Waals surface area contributed by atoms with E-state index in [0.29, 0.717) is 6.54 Å². The zero-order valence-electron chi connectivity index (χ0n) is 17.9. The highest BCUT2D eigenvalue weighted by Crippen LogP contribution is 2.50. The summed E-state index contributed by atoms with van der Waals surface area (Å²) in [5.74, 6) is 0. The first-order valence-corrected chi connectivity index (χ1v) is 11.5. The molecule has 0 atom stereocenters. The zero-order chi connectivity index (χ0) is 22.0. The average Bonchev–Trinajstić information content (AvgIpc) is 3.20. The highest BCUT2D eigenvalue weighted by molar-refractivity contribution is 7.19. The Bertz CT molecular complexity index is 1430. The first-order chi connectivity index (χ1) is 15.4. The molecule has 6 rings (SSSR count). The number of nitrogens with zero attached hydrogens (tertiary/aromatic N) is 6. The number of rotatable bonds is 2. The molecular weight excluding hydrogens is 424 g/mol. The third kappa shape index (κ3) is 3.15. The Labute approximate surface area is 188 Å². The standard InChI is InChI=1S/C23H22N6O2S/c1-13-7-17(27-29-12-14(2)25-20(13)29)19-11-24-18-9-16(32-21(18)26-19)8-15-3-6-28(22(30)31)23(10-15)4-5-23/h7-9,11-12H,3-6,10H2,1-2H3,(H,30,31)/b15-8-. The van der Waals surface area contributed by atoms with Crippen molar-refractivity contribution in [3.63, 3.8) is 0 Å². The Balaban J connectivity index is 1.32. The molecule has 0 unspecified atom stereocenters. The second-order valence-electron chi connectivity index (χ2n) is 8.85. The van der Waals surface area contributed by atoms with Crippen molar-refractivity contribution in [2.75, 3.05) is 6.54 Å². The van der Waals surface area contributed by atoms with Gasteiger partial charge in [-0.25, -0.2) is 19.3 Å². The summed E-state index contributed by atoms with van der Waals surface area (Å²) in [6.07, 6.45) is 8.62. The number of aromatic nitrogens is 5. The van der Waals surface area contributed by atoms with E-state index in [-0.39, 0.29) is 5.54 Å². The lowest BCUT2D eigenvalue weighted by atomic mass is 9.94. The van der Waals surface area contributed by atoms with Crippen molar-refractivity contribution in [3.8, 4) is 11.4 Å². The summed E-state index contributed by atoms with van der Waals surface area (Å²) in [5.41, 5.74) is 6.35. The molecule has 0 aromatic carbocycles. The van der Waals surface area contributed by atoms with Gasteiger partial charge in [0, 0.05) is 11.4 Å². The summed E-state index contributed by atoms with van der Waals surface area (Å²) in [4.78, 5) is 29.1. The van der Waals surface area contributed by atoms with Crippen LogP contribution in [0.4, 0.5) is 4.79 Å². The summed E-state index contributed by atoms with van der Waals surface area (Å²) in [6.45, 7) is 4.56. The number of carboxylic acid groups (broad SMARTS) is 1. The van der Waals surface area contributed by atoms with Gasteiger partial charge < -0.3 is 10.0 Å². The number of thiophene rings is 1. The Morgan fingerprint density at radius 1 is 1.22 bits per heavy atom. The first-order valence-electron chi connectivity index (χ1n) is 10.7. The first kappa shape index (κ1) is 19.4. The molecule has 0 bridgehead atoms. The zero-order valence-corrected chi connectivity index (χ0v) is 18.7. The summed E-state index contributed by atoms with van der Waals surface area (Å²) in [7, 11) is 0. The van der Waals surface area contributed by atoms with Crippen LogP contribution >= 0.6 is 11.3 Å². The maximum absolute atomic E-state index is 11.5. The lowest BCUT2D eigenvalue weighted by Gasteiger charge is -2.35. The van der Waals surface area contributed by atoms with E-state index in [9.17, 15) is 9.90 Å². The van der Waals surface area contributed by atoms with Gasteiger partial charge >= 0.3 is 6.09 Å². The minimum Gasteiger partial charge on any atom is -0.465 e. The van der Waals surface area contributed by atoms with Gasteiger partial charge in [-0.2, -0.15) is 5.10 Å². The topological polar surface area (TPSA) is 96.5 Å². The highest BCUT2D eigenvalue weighted by atomic mass is 32.1. The number of carbonyl (C=O) groups is 1. The van der Waals surface area contributed by atoms with Crippen LogP contribution in [0.5, 0.6) is 0 Å². The van der Waals surface area contributed by atoms with Gasteiger partial charge in [0.05, 0.1) is 23.6 Å². The average molecular weight is 447 g/mol. The number of amides is 1. The number of piperidine rings is 1. The van der Waals surface area contributed by atoms with E-state index in [4.69, 9.17) is 4.98 Å². The van der Waals surface area contributed by atoms with E-state index in [1.54, 1.807) is 26.9 Å². The third-order valence-corrected chi connectivity index (χ3v) is 7.41. The normalized spacial score (nSPS) is 18.8. The number of hydrogen-bond donors (Lipinski definition) is 1. The summed E-state index contributed by atoms with van der Waals surface area (Å²) in [6, 6.07) is 4.06. The van der Waals surface area contributed by atoms with E-state index in [0.717, 1.165) is 69.2 Å². The fourth-order valence-electron chi connectivity index (χ4n) is 4.71. The van der Waals surface area contributed by atoms with Crippen LogP contribution in [0.1, 0.15) is 41.8 Å². The van der Waals surface area contributed by atoms with Crippen LogP contribution in [0.2, 0.25) is 0 Å². The number of fused-ring (bicyclic) bond motifs is 2.